The number of carbonyl (C=O) groups excluding carboxylic acids is 3. The van der Waals surface area contributed by atoms with E-state index < -0.39 is 42.5 Å². The molecule has 1 heterocycles. The summed E-state index contributed by atoms with van der Waals surface area (Å²) in [6, 6.07) is 25.0. The maximum absolute atomic E-state index is 12.9. The van der Waals surface area contributed by atoms with Crippen LogP contribution in [-0.2, 0) is 23.7 Å². The van der Waals surface area contributed by atoms with E-state index in [-0.39, 0.29) is 24.3 Å². The summed E-state index contributed by atoms with van der Waals surface area (Å²) in [5.74, 6) is 0.389. The van der Waals surface area contributed by atoms with E-state index in [0.29, 0.717) is 5.56 Å². The lowest BCUT2D eigenvalue weighted by Crippen LogP contribution is -2.42. The van der Waals surface area contributed by atoms with Crippen molar-refractivity contribution < 1.29 is 38.1 Å². The Hall–Kier alpha value is -4.45. The molecule has 4 rings (SSSR count). The number of esters is 3. The minimum atomic E-state index is -1.19. The molecule has 188 valence electrons. The van der Waals surface area contributed by atoms with Crippen LogP contribution in [0.3, 0.4) is 0 Å². The Bertz CT molecular complexity index is 1240. The number of benzene rings is 3. The summed E-state index contributed by atoms with van der Waals surface area (Å²) in [6.45, 7) is -0.449. The minimum absolute atomic E-state index is 0.153. The van der Waals surface area contributed by atoms with Crippen molar-refractivity contribution in [3.05, 3.63) is 108 Å². The fraction of sp³-hybridized carbons (Fsp3) is 0.207. The van der Waals surface area contributed by atoms with Gasteiger partial charge in [-0.05, 0) is 36.4 Å². The Morgan fingerprint density at radius 1 is 0.703 bits per heavy atom. The van der Waals surface area contributed by atoms with E-state index in [4.69, 9.17) is 30.1 Å². The summed E-state index contributed by atoms with van der Waals surface area (Å²) in [6.07, 6.45) is 0.822. The zero-order valence-corrected chi connectivity index (χ0v) is 19.7. The average molecular weight is 501 g/mol. The standard InChI is InChI=1S/C29H24O8/c1-2-18-33-29-25(37-28(32)22-16-10-5-11-17-22)24(36-27(31)21-14-8-4-9-15-21)23(35-29)19-34-26(30)20-12-6-3-7-13-20/h1,3-17,23-25,29H,18-19H2/t23-,24-,25-,29-/m1/s1. The molecule has 0 spiro atoms. The maximum atomic E-state index is 12.9. The van der Waals surface area contributed by atoms with Gasteiger partial charge in [-0.15, -0.1) is 6.42 Å². The molecule has 1 saturated heterocycles. The first-order chi connectivity index (χ1) is 18.1. The summed E-state index contributed by atoms with van der Waals surface area (Å²) in [5, 5.41) is 0. The van der Waals surface area contributed by atoms with Crippen molar-refractivity contribution in [1.29, 1.82) is 0 Å². The van der Waals surface area contributed by atoms with Crippen molar-refractivity contribution in [3.8, 4) is 12.3 Å². The molecule has 0 aliphatic carbocycles. The second-order valence-electron chi connectivity index (χ2n) is 7.99. The third-order valence-corrected chi connectivity index (χ3v) is 5.49. The maximum Gasteiger partial charge on any atom is 0.338 e. The number of hydrogen-bond acceptors (Lipinski definition) is 8. The number of ether oxygens (including phenoxy) is 5. The van der Waals surface area contributed by atoms with Crippen molar-refractivity contribution in [2.75, 3.05) is 13.2 Å². The number of carbonyl (C=O) groups is 3. The van der Waals surface area contributed by atoms with E-state index in [2.05, 4.69) is 5.92 Å². The van der Waals surface area contributed by atoms with E-state index in [1.807, 2.05) is 0 Å². The van der Waals surface area contributed by atoms with Crippen LogP contribution in [0.5, 0.6) is 0 Å². The van der Waals surface area contributed by atoms with Gasteiger partial charge in [0.1, 0.15) is 19.3 Å². The number of rotatable bonds is 9. The van der Waals surface area contributed by atoms with Crippen LogP contribution < -0.4 is 0 Å². The van der Waals surface area contributed by atoms with Crippen molar-refractivity contribution in [2.24, 2.45) is 0 Å². The largest absolute Gasteiger partial charge is 0.459 e. The fourth-order valence-electron chi connectivity index (χ4n) is 3.70. The monoisotopic (exact) mass is 500 g/mol. The summed E-state index contributed by atoms with van der Waals surface area (Å²) >= 11 is 0. The highest BCUT2D eigenvalue weighted by molar-refractivity contribution is 5.91. The van der Waals surface area contributed by atoms with Crippen molar-refractivity contribution in [3.63, 3.8) is 0 Å². The van der Waals surface area contributed by atoms with Crippen LogP contribution in [0.2, 0.25) is 0 Å². The molecule has 37 heavy (non-hydrogen) atoms. The Morgan fingerprint density at radius 3 is 1.65 bits per heavy atom. The highest BCUT2D eigenvalue weighted by Crippen LogP contribution is 2.30. The zero-order valence-electron chi connectivity index (χ0n) is 19.7. The molecular weight excluding hydrogens is 476 g/mol. The van der Waals surface area contributed by atoms with Crippen molar-refractivity contribution in [1.82, 2.24) is 0 Å². The Labute approximate surface area is 214 Å². The van der Waals surface area contributed by atoms with Gasteiger partial charge in [0.15, 0.2) is 18.5 Å². The summed E-state index contributed by atoms with van der Waals surface area (Å²) in [5.41, 5.74) is 0.902. The van der Waals surface area contributed by atoms with Crippen LogP contribution in [0, 0.1) is 12.3 Å². The molecule has 8 nitrogen and oxygen atoms in total. The number of terminal acetylenes is 1. The summed E-state index contributed by atoms with van der Waals surface area (Å²) in [7, 11) is 0. The average Bonchev–Trinajstić information content (AvgIpc) is 3.27. The molecule has 1 aliphatic heterocycles. The summed E-state index contributed by atoms with van der Waals surface area (Å²) < 4.78 is 28.3. The van der Waals surface area contributed by atoms with Gasteiger partial charge < -0.3 is 23.7 Å². The van der Waals surface area contributed by atoms with Gasteiger partial charge >= 0.3 is 17.9 Å². The van der Waals surface area contributed by atoms with Gasteiger partial charge in [0.05, 0.1) is 16.7 Å². The molecule has 1 aliphatic rings. The highest BCUT2D eigenvalue weighted by atomic mass is 16.7. The smallest absolute Gasteiger partial charge is 0.338 e. The zero-order chi connectivity index (χ0) is 26.0. The Kier molecular flexibility index (Phi) is 8.66. The van der Waals surface area contributed by atoms with Gasteiger partial charge in [-0.3, -0.25) is 0 Å². The van der Waals surface area contributed by atoms with Gasteiger partial charge in [-0.25, -0.2) is 14.4 Å². The molecule has 0 bridgehead atoms. The van der Waals surface area contributed by atoms with Crippen LogP contribution in [0.25, 0.3) is 0 Å². The first kappa shape index (κ1) is 25.6. The molecule has 1 fully saturated rings. The topological polar surface area (TPSA) is 97.4 Å². The van der Waals surface area contributed by atoms with Crippen LogP contribution in [0.4, 0.5) is 0 Å². The SMILES string of the molecule is C#CCO[C@@H]1O[C@H](COC(=O)c2ccccc2)[C@@H](OC(=O)c2ccccc2)[C@H]1OC(=O)c1ccccc1. The second kappa shape index (κ2) is 12.5. The van der Waals surface area contributed by atoms with Crippen LogP contribution >= 0.6 is 0 Å². The molecule has 0 saturated carbocycles. The summed E-state index contributed by atoms with van der Waals surface area (Å²) in [4.78, 5) is 38.3. The van der Waals surface area contributed by atoms with E-state index in [1.165, 1.54) is 0 Å². The fourth-order valence-corrected chi connectivity index (χ4v) is 3.70. The molecule has 4 atom stereocenters. The quantitative estimate of drug-likeness (QED) is 0.249. The number of hydrogen-bond donors (Lipinski definition) is 0. The van der Waals surface area contributed by atoms with E-state index in [9.17, 15) is 14.4 Å². The van der Waals surface area contributed by atoms with Crippen LogP contribution in [0.1, 0.15) is 31.1 Å². The molecule has 0 N–H and O–H groups in total. The molecule has 0 aromatic heterocycles. The molecule has 3 aromatic rings. The molecule has 8 heteroatoms. The van der Waals surface area contributed by atoms with Crippen molar-refractivity contribution >= 4 is 17.9 Å². The third kappa shape index (κ3) is 6.61. The van der Waals surface area contributed by atoms with Gasteiger partial charge in [0, 0.05) is 0 Å². The van der Waals surface area contributed by atoms with Crippen LogP contribution in [-0.4, -0.2) is 55.7 Å². The molecule has 3 aromatic carbocycles. The Morgan fingerprint density at radius 2 is 1.16 bits per heavy atom. The normalized spacial score (nSPS) is 20.4. The van der Waals surface area contributed by atoms with Gasteiger partial charge in [-0.2, -0.15) is 0 Å². The van der Waals surface area contributed by atoms with Gasteiger partial charge in [0.25, 0.3) is 0 Å². The van der Waals surface area contributed by atoms with Gasteiger partial charge in [-0.1, -0.05) is 60.5 Å². The first-order valence-corrected chi connectivity index (χ1v) is 11.5. The first-order valence-electron chi connectivity index (χ1n) is 11.5. The van der Waals surface area contributed by atoms with Gasteiger partial charge in [0.2, 0.25) is 0 Å². The lowest BCUT2D eigenvalue weighted by atomic mass is 10.1. The molecular formula is C29H24O8. The molecule has 0 radical (unpaired) electrons. The predicted molar refractivity (Wildman–Crippen MR) is 131 cm³/mol. The predicted octanol–water partition coefficient (Wildman–Crippen LogP) is 3.67. The van der Waals surface area contributed by atoms with E-state index in [1.54, 1.807) is 91.0 Å². The van der Waals surface area contributed by atoms with Crippen molar-refractivity contribution in [2.45, 2.75) is 24.6 Å². The molecule has 0 unspecified atom stereocenters. The van der Waals surface area contributed by atoms with E-state index in [0.717, 1.165) is 0 Å². The lowest BCUT2D eigenvalue weighted by Gasteiger charge is -2.24. The van der Waals surface area contributed by atoms with Crippen LogP contribution in [0.15, 0.2) is 91.0 Å². The second-order valence-corrected chi connectivity index (χ2v) is 7.99. The van der Waals surface area contributed by atoms with E-state index >= 15 is 0 Å². The minimum Gasteiger partial charge on any atom is -0.459 e. The Balaban J connectivity index is 1.57. The highest BCUT2D eigenvalue weighted by Gasteiger charge is 2.51. The lowest BCUT2D eigenvalue weighted by molar-refractivity contribution is -0.163. The molecule has 0 amide bonds. The third-order valence-electron chi connectivity index (χ3n) is 5.49.